The van der Waals surface area contributed by atoms with E-state index in [1.54, 1.807) is 7.11 Å². The van der Waals surface area contributed by atoms with Crippen molar-refractivity contribution in [3.05, 3.63) is 28.2 Å². The molecule has 0 bridgehead atoms. The maximum Gasteiger partial charge on any atom is 0.119 e. The molecule has 0 N–H and O–H groups in total. The van der Waals surface area contributed by atoms with Crippen LogP contribution < -0.4 is 4.74 Å². The Bertz CT molecular complexity index is 352. The molecule has 0 spiro atoms. The first kappa shape index (κ1) is 14.5. The molecule has 0 saturated carbocycles. The lowest BCUT2D eigenvalue weighted by Gasteiger charge is -2.23. The SMILES string of the molecule is CCN(Cc1cc(OC)ccc1Br)CC(C)C. The Kier molecular flexibility index (Phi) is 6.00. The lowest BCUT2D eigenvalue weighted by Crippen LogP contribution is -2.27. The van der Waals surface area contributed by atoms with Crippen LogP contribution in [0.2, 0.25) is 0 Å². The van der Waals surface area contributed by atoms with E-state index >= 15 is 0 Å². The minimum atomic E-state index is 0.694. The molecule has 0 aliphatic carbocycles. The molecule has 0 heterocycles. The van der Waals surface area contributed by atoms with Gasteiger partial charge in [-0.15, -0.1) is 0 Å². The molecule has 0 amide bonds. The molecule has 17 heavy (non-hydrogen) atoms. The molecular weight excluding hydrogens is 278 g/mol. The third kappa shape index (κ3) is 4.68. The Balaban J connectivity index is 2.77. The van der Waals surface area contributed by atoms with E-state index in [0.717, 1.165) is 29.9 Å². The average Bonchev–Trinajstić information content (AvgIpc) is 2.30. The van der Waals surface area contributed by atoms with Gasteiger partial charge >= 0.3 is 0 Å². The van der Waals surface area contributed by atoms with E-state index in [1.165, 1.54) is 5.56 Å². The number of methoxy groups -OCH3 is 1. The zero-order valence-corrected chi connectivity index (χ0v) is 12.8. The molecule has 0 radical (unpaired) electrons. The molecule has 0 unspecified atom stereocenters. The van der Waals surface area contributed by atoms with Gasteiger partial charge in [0.15, 0.2) is 0 Å². The number of halogens is 1. The summed E-state index contributed by atoms with van der Waals surface area (Å²) in [6, 6.07) is 6.14. The highest BCUT2D eigenvalue weighted by Crippen LogP contribution is 2.24. The molecule has 1 aromatic carbocycles. The predicted octanol–water partition coefficient (Wildman–Crippen LogP) is 3.94. The molecule has 0 atom stereocenters. The predicted molar refractivity (Wildman–Crippen MR) is 76.5 cm³/mol. The maximum absolute atomic E-state index is 5.27. The highest BCUT2D eigenvalue weighted by Gasteiger charge is 2.09. The van der Waals surface area contributed by atoms with Crippen LogP contribution in [0.15, 0.2) is 22.7 Å². The minimum Gasteiger partial charge on any atom is -0.497 e. The highest BCUT2D eigenvalue weighted by molar-refractivity contribution is 9.10. The lowest BCUT2D eigenvalue weighted by atomic mass is 10.1. The van der Waals surface area contributed by atoms with Crippen molar-refractivity contribution < 1.29 is 4.74 Å². The van der Waals surface area contributed by atoms with Crippen LogP contribution in [0, 0.1) is 5.92 Å². The number of benzene rings is 1. The van der Waals surface area contributed by atoms with Crippen LogP contribution in [-0.4, -0.2) is 25.1 Å². The van der Waals surface area contributed by atoms with Crippen molar-refractivity contribution in [1.82, 2.24) is 4.90 Å². The van der Waals surface area contributed by atoms with Crippen LogP contribution in [0.1, 0.15) is 26.3 Å². The summed E-state index contributed by atoms with van der Waals surface area (Å²) in [4.78, 5) is 2.45. The summed E-state index contributed by atoms with van der Waals surface area (Å²) < 4.78 is 6.42. The quantitative estimate of drug-likeness (QED) is 0.789. The molecule has 0 fully saturated rings. The normalized spacial score (nSPS) is 11.2. The second-order valence-electron chi connectivity index (χ2n) is 4.68. The fourth-order valence-electron chi connectivity index (χ4n) is 1.86. The van der Waals surface area contributed by atoms with Crippen LogP contribution in [0.25, 0.3) is 0 Å². The van der Waals surface area contributed by atoms with Gasteiger partial charge < -0.3 is 4.74 Å². The van der Waals surface area contributed by atoms with Crippen LogP contribution in [0.4, 0.5) is 0 Å². The number of hydrogen-bond donors (Lipinski definition) is 0. The van der Waals surface area contributed by atoms with Crippen molar-refractivity contribution in [2.24, 2.45) is 5.92 Å². The summed E-state index contributed by atoms with van der Waals surface area (Å²) in [7, 11) is 1.71. The van der Waals surface area contributed by atoms with E-state index in [2.05, 4.69) is 53.7 Å². The average molecular weight is 300 g/mol. The van der Waals surface area contributed by atoms with Gasteiger partial charge in [0.1, 0.15) is 5.75 Å². The first-order chi connectivity index (χ1) is 8.06. The smallest absolute Gasteiger partial charge is 0.119 e. The molecule has 0 saturated heterocycles. The number of rotatable bonds is 6. The molecule has 96 valence electrons. The van der Waals surface area contributed by atoms with Crippen LogP contribution >= 0.6 is 15.9 Å². The van der Waals surface area contributed by atoms with Crippen molar-refractivity contribution in [1.29, 1.82) is 0 Å². The maximum atomic E-state index is 5.27. The summed E-state index contributed by atoms with van der Waals surface area (Å²) in [5.74, 6) is 1.61. The van der Waals surface area contributed by atoms with Crippen molar-refractivity contribution >= 4 is 15.9 Å². The molecule has 0 aromatic heterocycles. The fraction of sp³-hybridized carbons (Fsp3) is 0.571. The van der Waals surface area contributed by atoms with Gasteiger partial charge in [0.05, 0.1) is 7.11 Å². The Morgan fingerprint density at radius 3 is 2.59 bits per heavy atom. The first-order valence-electron chi connectivity index (χ1n) is 6.11. The van der Waals surface area contributed by atoms with E-state index in [4.69, 9.17) is 4.74 Å². The van der Waals surface area contributed by atoms with Crippen LogP contribution in [0.5, 0.6) is 5.75 Å². The van der Waals surface area contributed by atoms with E-state index in [9.17, 15) is 0 Å². The minimum absolute atomic E-state index is 0.694. The number of nitrogens with zero attached hydrogens (tertiary/aromatic N) is 1. The summed E-state index contributed by atoms with van der Waals surface area (Å²) in [6.07, 6.45) is 0. The van der Waals surface area contributed by atoms with E-state index in [0.29, 0.717) is 5.92 Å². The Morgan fingerprint density at radius 2 is 2.06 bits per heavy atom. The van der Waals surface area contributed by atoms with E-state index in [-0.39, 0.29) is 0 Å². The second kappa shape index (κ2) is 7.02. The monoisotopic (exact) mass is 299 g/mol. The lowest BCUT2D eigenvalue weighted by molar-refractivity contribution is 0.247. The summed E-state index contributed by atoms with van der Waals surface area (Å²) >= 11 is 3.60. The Hall–Kier alpha value is -0.540. The van der Waals surface area contributed by atoms with Crippen molar-refractivity contribution in [2.75, 3.05) is 20.2 Å². The van der Waals surface area contributed by atoms with E-state index in [1.807, 2.05) is 6.07 Å². The van der Waals surface area contributed by atoms with Gasteiger partial charge in [-0.2, -0.15) is 0 Å². The molecule has 0 aliphatic rings. The molecule has 2 nitrogen and oxygen atoms in total. The third-order valence-corrected chi connectivity index (χ3v) is 3.49. The zero-order chi connectivity index (χ0) is 12.8. The van der Waals surface area contributed by atoms with Gasteiger partial charge in [0, 0.05) is 17.6 Å². The zero-order valence-electron chi connectivity index (χ0n) is 11.2. The molecule has 3 heteroatoms. The topological polar surface area (TPSA) is 12.5 Å². The summed E-state index contributed by atoms with van der Waals surface area (Å²) in [6.45, 7) is 9.87. The van der Waals surface area contributed by atoms with Gasteiger partial charge in [-0.05, 0) is 36.2 Å². The number of ether oxygens (including phenoxy) is 1. The standard InChI is InChI=1S/C14H22BrNO/c1-5-16(9-11(2)3)10-12-8-13(17-4)6-7-14(12)15/h6-8,11H,5,9-10H2,1-4H3. The summed E-state index contributed by atoms with van der Waals surface area (Å²) in [5, 5.41) is 0. The van der Waals surface area contributed by atoms with Gasteiger partial charge in [-0.25, -0.2) is 0 Å². The molecule has 1 rings (SSSR count). The Morgan fingerprint density at radius 1 is 1.35 bits per heavy atom. The van der Waals surface area contributed by atoms with Crippen LogP contribution in [0.3, 0.4) is 0 Å². The van der Waals surface area contributed by atoms with Gasteiger partial charge in [0.2, 0.25) is 0 Å². The second-order valence-corrected chi connectivity index (χ2v) is 5.53. The molecule has 0 aliphatic heterocycles. The fourth-order valence-corrected chi connectivity index (χ4v) is 2.23. The van der Waals surface area contributed by atoms with Crippen molar-refractivity contribution in [3.8, 4) is 5.75 Å². The first-order valence-corrected chi connectivity index (χ1v) is 6.90. The Labute approximate surface area is 113 Å². The number of hydrogen-bond acceptors (Lipinski definition) is 2. The summed E-state index contributed by atoms with van der Waals surface area (Å²) in [5.41, 5.74) is 1.28. The van der Waals surface area contributed by atoms with Gasteiger partial charge in [-0.1, -0.05) is 36.7 Å². The highest BCUT2D eigenvalue weighted by atomic mass is 79.9. The van der Waals surface area contributed by atoms with Crippen LogP contribution in [-0.2, 0) is 6.54 Å². The van der Waals surface area contributed by atoms with E-state index < -0.39 is 0 Å². The third-order valence-electron chi connectivity index (χ3n) is 2.72. The molecule has 1 aromatic rings. The van der Waals surface area contributed by atoms with Crippen molar-refractivity contribution in [3.63, 3.8) is 0 Å². The van der Waals surface area contributed by atoms with Gasteiger partial charge in [0.25, 0.3) is 0 Å². The largest absolute Gasteiger partial charge is 0.497 e. The van der Waals surface area contributed by atoms with Gasteiger partial charge in [-0.3, -0.25) is 4.90 Å². The molecular formula is C14H22BrNO. The van der Waals surface area contributed by atoms with Crippen molar-refractivity contribution in [2.45, 2.75) is 27.3 Å².